The molecular weight excluding hydrogens is 364 g/mol. The van der Waals surface area contributed by atoms with Gasteiger partial charge in [0, 0.05) is 18.7 Å². The van der Waals surface area contributed by atoms with Gasteiger partial charge in [-0.3, -0.25) is 14.4 Å². The van der Waals surface area contributed by atoms with E-state index in [0.717, 1.165) is 0 Å². The zero-order valence-corrected chi connectivity index (χ0v) is 15.0. The molecule has 28 heavy (non-hydrogen) atoms. The number of amides is 3. The highest BCUT2D eigenvalue weighted by Gasteiger charge is 2.42. The first-order valence-corrected chi connectivity index (χ1v) is 8.63. The van der Waals surface area contributed by atoms with Gasteiger partial charge in [-0.15, -0.1) is 0 Å². The zero-order valence-electron chi connectivity index (χ0n) is 15.0. The van der Waals surface area contributed by atoms with Crippen molar-refractivity contribution in [2.24, 2.45) is 5.92 Å². The Bertz CT molecular complexity index is 949. The van der Waals surface area contributed by atoms with Crippen LogP contribution in [0.1, 0.15) is 27.1 Å². The summed E-state index contributed by atoms with van der Waals surface area (Å²) in [6.45, 7) is 0.104. The van der Waals surface area contributed by atoms with Crippen molar-refractivity contribution in [3.05, 3.63) is 59.7 Å². The molecule has 2 aromatic carbocycles. The van der Waals surface area contributed by atoms with Gasteiger partial charge in [-0.2, -0.15) is 0 Å². The summed E-state index contributed by atoms with van der Waals surface area (Å²) in [6, 6.07) is 13.1. The minimum atomic E-state index is -0.793. The number of hydroxylamine groups is 2. The first-order valence-electron chi connectivity index (χ1n) is 8.63. The Morgan fingerprint density at radius 2 is 1.57 bits per heavy atom. The monoisotopic (exact) mass is 380 g/mol. The van der Waals surface area contributed by atoms with Crippen molar-refractivity contribution in [3.8, 4) is 5.75 Å². The van der Waals surface area contributed by atoms with Crippen LogP contribution in [0.4, 0.5) is 5.69 Å². The van der Waals surface area contributed by atoms with Gasteiger partial charge in [0.25, 0.3) is 11.8 Å². The van der Waals surface area contributed by atoms with Crippen LogP contribution in [0.2, 0.25) is 0 Å². The molecule has 1 atom stereocenters. The van der Waals surface area contributed by atoms with E-state index < -0.39 is 23.7 Å². The number of fused-ring (bicyclic) bond motifs is 1. The third kappa shape index (κ3) is 2.88. The minimum Gasteiger partial charge on any atom is -0.497 e. The van der Waals surface area contributed by atoms with Crippen molar-refractivity contribution < 1.29 is 28.8 Å². The lowest BCUT2D eigenvalue weighted by Crippen LogP contribution is -2.36. The number of nitrogens with zero attached hydrogens (tertiary/aromatic N) is 2. The van der Waals surface area contributed by atoms with Gasteiger partial charge >= 0.3 is 5.97 Å². The maximum atomic E-state index is 12.5. The van der Waals surface area contributed by atoms with Gasteiger partial charge in [-0.1, -0.05) is 17.2 Å². The fourth-order valence-corrected chi connectivity index (χ4v) is 3.29. The summed E-state index contributed by atoms with van der Waals surface area (Å²) in [5.41, 5.74) is 0.993. The molecule has 0 bridgehead atoms. The van der Waals surface area contributed by atoms with E-state index in [4.69, 9.17) is 9.57 Å². The highest BCUT2D eigenvalue weighted by molar-refractivity contribution is 6.21. The van der Waals surface area contributed by atoms with Crippen molar-refractivity contribution in [2.75, 3.05) is 18.6 Å². The molecule has 3 amide bonds. The molecule has 8 nitrogen and oxygen atoms in total. The van der Waals surface area contributed by atoms with E-state index in [-0.39, 0.29) is 30.0 Å². The van der Waals surface area contributed by atoms with Crippen LogP contribution in [-0.2, 0) is 14.4 Å². The number of methoxy groups -OCH3 is 1. The number of hydrogen-bond donors (Lipinski definition) is 0. The first kappa shape index (κ1) is 17.7. The molecule has 2 aromatic rings. The highest BCUT2D eigenvalue weighted by atomic mass is 16.7. The number of carbonyl (C=O) groups is 4. The summed E-state index contributed by atoms with van der Waals surface area (Å²) in [5.74, 6) is -2.54. The Hall–Kier alpha value is -3.68. The van der Waals surface area contributed by atoms with E-state index in [0.29, 0.717) is 16.5 Å². The lowest BCUT2D eigenvalue weighted by molar-refractivity contribution is -0.173. The number of benzene rings is 2. The van der Waals surface area contributed by atoms with Crippen molar-refractivity contribution >= 4 is 29.4 Å². The number of ether oxygens (including phenoxy) is 1. The Balaban J connectivity index is 1.45. The molecule has 1 fully saturated rings. The van der Waals surface area contributed by atoms with Gasteiger partial charge in [0.2, 0.25) is 5.91 Å². The topological polar surface area (TPSA) is 93.2 Å². The zero-order chi connectivity index (χ0) is 19.8. The SMILES string of the molecule is COc1ccc(N2CC(C(=O)ON3C(=O)c4ccccc4C3=O)CC2=O)cc1. The Morgan fingerprint density at radius 1 is 0.964 bits per heavy atom. The number of rotatable bonds is 4. The van der Waals surface area contributed by atoms with Crippen molar-refractivity contribution in [1.29, 1.82) is 0 Å². The summed E-state index contributed by atoms with van der Waals surface area (Å²) in [6.07, 6.45) is -0.0615. The second-order valence-corrected chi connectivity index (χ2v) is 6.46. The van der Waals surface area contributed by atoms with Gasteiger partial charge in [0.15, 0.2) is 0 Å². The van der Waals surface area contributed by atoms with Gasteiger partial charge in [-0.05, 0) is 36.4 Å². The molecule has 0 spiro atoms. The van der Waals surface area contributed by atoms with Crippen LogP contribution >= 0.6 is 0 Å². The van der Waals surface area contributed by atoms with Crippen molar-refractivity contribution in [2.45, 2.75) is 6.42 Å². The Labute approximate surface area is 160 Å². The molecular formula is C20H16N2O6. The van der Waals surface area contributed by atoms with Crippen LogP contribution in [0.3, 0.4) is 0 Å². The number of anilines is 1. The molecule has 2 heterocycles. The van der Waals surface area contributed by atoms with Gasteiger partial charge < -0.3 is 14.5 Å². The average molecular weight is 380 g/mol. The predicted octanol–water partition coefficient (Wildman–Crippen LogP) is 1.80. The molecule has 0 radical (unpaired) electrons. The molecule has 0 aliphatic carbocycles. The third-order valence-corrected chi connectivity index (χ3v) is 4.78. The fourth-order valence-electron chi connectivity index (χ4n) is 3.29. The summed E-state index contributed by atoms with van der Waals surface area (Å²) < 4.78 is 5.09. The molecule has 2 aliphatic rings. The Kier molecular flexibility index (Phi) is 4.31. The molecule has 0 saturated carbocycles. The number of carbonyl (C=O) groups excluding carboxylic acids is 4. The third-order valence-electron chi connectivity index (χ3n) is 4.78. The minimum absolute atomic E-state index is 0.0615. The summed E-state index contributed by atoms with van der Waals surface area (Å²) in [4.78, 5) is 56.0. The average Bonchev–Trinajstić information content (AvgIpc) is 3.22. The normalized spacial score (nSPS) is 18.5. The van der Waals surface area contributed by atoms with Crippen LogP contribution in [0, 0.1) is 5.92 Å². The molecule has 1 saturated heterocycles. The fraction of sp³-hybridized carbons (Fsp3) is 0.200. The molecule has 4 rings (SSSR count). The van der Waals surface area contributed by atoms with E-state index in [2.05, 4.69) is 0 Å². The second kappa shape index (κ2) is 6.80. The van der Waals surface area contributed by atoms with Crippen LogP contribution in [-0.4, -0.2) is 42.4 Å². The molecule has 0 N–H and O–H groups in total. The molecule has 8 heteroatoms. The summed E-state index contributed by atoms with van der Waals surface area (Å²) in [7, 11) is 1.54. The number of imide groups is 1. The maximum absolute atomic E-state index is 12.5. The van der Waals surface area contributed by atoms with Crippen molar-refractivity contribution in [3.63, 3.8) is 0 Å². The summed E-state index contributed by atoms with van der Waals surface area (Å²) in [5, 5.41) is 0.466. The van der Waals surface area contributed by atoms with E-state index in [9.17, 15) is 19.2 Å². The summed E-state index contributed by atoms with van der Waals surface area (Å²) >= 11 is 0. The highest BCUT2D eigenvalue weighted by Crippen LogP contribution is 2.29. The van der Waals surface area contributed by atoms with E-state index in [1.165, 1.54) is 17.0 Å². The van der Waals surface area contributed by atoms with Crippen LogP contribution in [0.25, 0.3) is 0 Å². The second-order valence-electron chi connectivity index (χ2n) is 6.46. The van der Waals surface area contributed by atoms with Crippen LogP contribution in [0.15, 0.2) is 48.5 Å². The van der Waals surface area contributed by atoms with Gasteiger partial charge in [0.05, 0.1) is 24.2 Å². The molecule has 1 unspecified atom stereocenters. The quantitative estimate of drug-likeness (QED) is 0.751. The largest absolute Gasteiger partial charge is 0.497 e. The molecule has 0 aromatic heterocycles. The van der Waals surface area contributed by atoms with E-state index in [1.54, 1.807) is 43.5 Å². The van der Waals surface area contributed by atoms with Crippen molar-refractivity contribution in [1.82, 2.24) is 5.06 Å². The predicted molar refractivity (Wildman–Crippen MR) is 96.5 cm³/mol. The Morgan fingerprint density at radius 3 is 2.14 bits per heavy atom. The maximum Gasteiger partial charge on any atom is 0.338 e. The van der Waals surface area contributed by atoms with E-state index >= 15 is 0 Å². The number of hydrogen-bond acceptors (Lipinski definition) is 6. The lowest BCUT2D eigenvalue weighted by atomic mass is 10.1. The van der Waals surface area contributed by atoms with Gasteiger partial charge in [-0.25, -0.2) is 4.79 Å². The first-order chi connectivity index (χ1) is 13.5. The van der Waals surface area contributed by atoms with Gasteiger partial charge in [0.1, 0.15) is 5.75 Å². The standard InChI is InChI=1S/C20H16N2O6/c1-27-14-8-6-13(7-9-14)21-11-12(10-17(21)23)20(26)28-22-18(24)15-4-2-3-5-16(15)19(22)25/h2-9,12H,10-11H2,1H3. The van der Waals surface area contributed by atoms with Crippen LogP contribution in [0.5, 0.6) is 5.75 Å². The molecule has 142 valence electrons. The van der Waals surface area contributed by atoms with Crippen LogP contribution < -0.4 is 9.64 Å². The molecule has 2 aliphatic heterocycles. The smallest absolute Gasteiger partial charge is 0.338 e. The van der Waals surface area contributed by atoms with E-state index in [1.807, 2.05) is 0 Å². The lowest BCUT2D eigenvalue weighted by Gasteiger charge is -2.18.